The smallest absolute Gasteiger partial charge is 0.265 e. The van der Waals surface area contributed by atoms with Crippen LogP contribution in [0.15, 0.2) is 54.6 Å². The molecule has 1 heterocycles. The van der Waals surface area contributed by atoms with Crippen molar-refractivity contribution in [2.45, 2.75) is 50.9 Å². The van der Waals surface area contributed by atoms with Crippen LogP contribution in [0.25, 0.3) is 0 Å². The molecule has 1 saturated carbocycles. The van der Waals surface area contributed by atoms with Crippen molar-refractivity contribution in [3.05, 3.63) is 65.7 Å². The zero-order chi connectivity index (χ0) is 18.1. The summed E-state index contributed by atoms with van der Waals surface area (Å²) < 4.78 is 0. The Bertz CT molecular complexity index is 823. The largest absolute Gasteiger partial charge is 0.273 e. The Hall–Kier alpha value is -2.42. The molecule has 4 rings (SSSR count). The second-order valence-electron chi connectivity index (χ2n) is 7.87. The highest BCUT2D eigenvalue weighted by atomic mass is 16.2. The summed E-state index contributed by atoms with van der Waals surface area (Å²) in [5.74, 6) is 0.257. The number of anilines is 1. The molecule has 2 amide bonds. The molecule has 1 fully saturated rings. The third-order valence-electron chi connectivity index (χ3n) is 6.07. The Morgan fingerprint density at radius 2 is 1.58 bits per heavy atom. The Labute approximate surface area is 155 Å². The van der Waals surface area contributed by atoms with Gasteiger partial charge in [0.05, 0.1) is 11.1 Å². The van der Waals surface area contributed by atoms with Crippen molar-refractivity contribution in [2.24, 2.45) is 5.92 Å². The molecular formula is C23H25NO2. The van der Waals surface area contributed by atoms with E-state index in [1.54, 1.807) is 0 Å². The van der Waals surface area contributed by atoms with Crippen molar-refractivity contribution >= 4 is 17.5 Å². The van der Waals surface area contributed by atoms with E-state index in [4.69, 9.17) is 0 Å². The van der Waals surface area contributed by atoms with Gasteiger partial charge in [-0.3, -0.25) is 9.59 Å². The molecule has 2 aromatic carbocycles. The summed E-state index contributed by atoms with van der Waals surface area (Å²) in [4.78, 5) is 28.1. The maximum atomic E-state index is 13.6. The number of nitrogens with zero attached hydrogens (tertiary/aromatic N) is 1. The Morgan fingerprint density at radius 3 is 2.31 bits per heavy atom. The first-order valence-corrected chi connectivity index (χ1v) is 9.65. The Balaban J connectivity index is 1.80. The topological polar surface area (TPSA) is 37.4 Å². The van der Waals surface area contributed by atoms with Gasteiger partial charge < -0.3 is 0 Å². The number of amides is 2. The van der Waals surface area contributed by atoms with Gasteiger partial charge in [-0.1, -0.05) is 68.5 Å². The summed E-state index contributed by atoms with van der Waals surface area (Å²) >= 11 is 0. The summed E-state index contributed by atoms with van der Waals surface area (Å²) in [6, 6.07) is 17.0. The average Bonchev–Trinajstić information content (AvgIpc) is 2.68. The van der Waals surface area contributed by atoms with Crippen molar-refractivity contribution in [1.29, 1.82) is 0 Å². The van der Waals surface area contributed by atoms with Crippen molar-refractivity contribution < 1.29 is 9.59 Å². The molecule has 2 aliphatic rings. The molecule has 0 radical (unpaired) electrons. The number of para-hydroxylation sites is 1. The standard InChI is InChI=1S/C23H25NO2/c1-23(16-17-10-4-2-5-11-17)20-15-9-8-14-19(20)21(25)24(22(23)26)18-12-6-3-7-13-18/h3,6-9,12-15,17H,2,4-5,10-11,16H2,1H3. The number of hydrogen-bond donors (Lipinski definition) is 0. The maximum absolute atomic E-state index is 13.6. The number of hydrogen-bond acceptors (Lipinski definition) is 2. The predicted molar refractivity (Wildman–Crippen MR) is 103 cm³/mol. The minimum Gasteiger partial charge on any atom is -0.273 e. The van der Waals surface area contributed by atoms with E-state index in [-0.39, 0.29) is 11.8 Å². The van der Waals surface area contributed by atoms with Crippen LogP contribution in [0.2, 0.25) is 0 Å². The molecule has 134 valence electrons. The number of carbonyl (C=O) groups excluding carboxylic acids is 2. The Kier molecular flexibility index (Phi) is 4.39. The highest BCUT2D eigenvalue weighted by Crippen LogP contribution is 2.43. The minimum absolute atomic E-state index is 0.0852. The van der Waals surface area contributed by atoms with E-state index in [0.717, 1.165) is 12.0 Å². The normalized spacial score (nSPS) is 23.8. The molecule has 3 nitrogen and oxygen atoms in total. The first-order valence-electron chi connectivity index (χ1n) is 9.65. The quantitative estimate of drug-likeness (QED) is 0.724. The molecule has 2 aromatic rings. The molecule has 0 spiro atoms. The maximum Gasteiger partial charge on any atom is 0.265 e. The lowest BCUT2D eigenvalue weighted by atomic mass is 9.68. The van der Waals surface area contributed by atoms with Crippen LogP contribution in [0.5, 0.6) is 0 Å². The van der Waals surface area contributed by atoms with Gasteiger partial charge in [0.1, 0.15) is 0 Å². The lowest BCUT2D eigenvalue weighted by Crippen LogP contribution is -2.54. The zero-order valence-corrected chi connectivity index (χ0v) is 15.3. The Morgan fingerprint density at radius 1 is 0.923 bits per heavy atom. The molecule has 0 saturated heterocycles. The summed E-state index contributed by atoms with van der Waals surface area (Å²) in [5, 5.41) is 0. The van der Waals surface area contributed by atoms with Crippen LogP contribution in [0.3, 0.4) is 0 Å². The van der Waals surface area contributed by atoms with E-state index in [2.05, 4.69) is 0 Å². The van der Waals surface area contributed by atoms with E-state index >= 15 is 0 Å². The molecule has 3 heteroatoms. The predicted octanol–water partition coefficient (Wildman–Crippen LogP) is 5.10. The number of fused-ring (bicyclic) bond motifs is 1. The van der Waals surface area contributed by atoms with Crippen LogP contribution in [-0.2, 0) is 10.2 Å². The molecule has 1 aliphatic carbocycles. The minimum atomic E-state index is -0.650. The average molecular weight is 347 g/mol. The van der Waals surface area contributed by atoms with Crippen LogP contribution in [0, 0.1) is 5.92 Å². The van der Waals surface area contributed by atoms with Crippen LogP contribution in [-0.4, -0.2) is 11.8 Å². The third-order valence-corrected chi connectivity index (χ3v) is 6.07. The van der Waals surface area contributed by atoms with Gasteiger partial charge in [-0.15, -0.1) is 0 Å². The summed E-state index contributed by atoms with van der Waals surface area (Å²) in [5.41, 5.74) is 1.57. The van der Waals surface area contributed by atoms with Gasteiger partial charge >= 0.3 is 0 Å². The SMILES string of the molecule is CC1(CC2CCCCC2)C(=O)N(c2ccccc2)C(=O)c2ccccc21. The van der Waals surface area contributed by atoms with Crippen LogP contribution in [0.4, 0.5) is 5.69 Å². The van der Waals surface area contributed by atoms with Crippen molar-refractivity contribution in [3.63, 3.8) is 0 Å². The molecule has 26 heavy (non-hydrogen) atoms. The lowest BCUT2D eigenvalue weighted by molar-refractivity contribution is -0.124. The van der Waals surface area contributed by atoms with Crippen LogP contribution < -0.4 is 4.90 Å². The molecular weight excluding hydrogens is 322 g/mol. The molecule has 0 aromatic heterocycles. The van der Waals surface area contributed by atoms with Crippen LogP contribution in [0.1, 0.15) is 61.4 Å². The van der Waals surface area contributed by atoms with Gasteiger partial charge in [0, 0.05) is 5.56 Å². The molecule has 0 bridgehead atoms. The van der Waals surface area contributed by atoms with E-state index in [9.17, 15) is 9.59 Å². The fourth-order valence-electron chi connectivity index (χ4n) is 4.70. The second kappa shape index (κ2) is 6.71. The highest BCUT2D eigenvalue weighted by molar-refractivity contribution is 6.27. The van der Waals surface area contributed by atoms with Crippen molar-refractivity contribution in [1.82, 2.24) is 0 Å². The number of rotatable bonds is 3. The zero-order valence-electron chi connectivity index (χ0n) is 15.3. The summed E-state index contributed by atoms with van der Waals surface area (Å²) in [6.07, 6.45) is 6.98. The number of carbonyl (C=O) groups is 2. The second-order valence-corrected chi connectivity index (χ2v) is 7.87. The van der Waals surface area contributed by atoms with Gasteiger partial charge in [-0.25, -0.2) is 4.90 Å². The number of benzene rings is 2. The van der Waals surface area contributed by atoms with E-state index < -0.39 is 5.41 Å². The van der Waals surface area contributed by atoms with Crippen molar-refractivity contribution in [3.8, 4) is 0 Å². The monoisotopic (exact) mass is 347 g/mol. The molecule has 1 aliphatic heterocycles. The molecule has 1 atom stereocenters. The van der Waals surface area contributed by atoms with Gasteiger partial charge in [-0.05, 0) is 43.0 Å². The van der Waals surface area contributed by atoms with E-state index in [1.807, 2.05) is 61.5 Å². The fraction of sp³-hybridized carbons (Fsp3) is 0.391. The third kappa shape index (κ3) is 2.76. The number of imide groups is 1. The van der Waals surface area contributed by atoms with E-state index in [0.29, 0.717) is 17.2 Å². The lowest BCUT2D eigenvalue weighted by Gasteiger charge is -2.42. The van der Waals surface area contributed by atoms with Gasteiger partial charge in [-0.2, -0.15) is 0 Å². The first kappa shape index (κ1) is 17.0. The summed E-state index contributed by atoms with van der Waals surface area (Å²) in [6.45, 7) is 2.03. The first-order chi connectivity index (χ1) is 12.6. The molecule has 1 unspecified atom stereocenters. The highest BCUT2D eigenvalue weighted by Gasteiger charge is 2.48. The van der Waals surface area contributed by atoms with Crippen LogP contribution >= 0.6 is 0 Å². The molecule has 0 N–H and O–H groups in total. The fourth-order valence-corrected chi connectivity index (χ4v) is 4.70. The van der Waals surface area contributed by atoms with E-state index in [1.165, 1.54) is 37.0 Å². The van der Waals surface area contributed by atoms with Gasteiger partial charge in [0.25, 0.3) is 5.91 Å². The van der Waals surface area contributed by atoms with Crippen molar-refractivity contribution in [2.75, 3.05) is 4.90 Å². The van der Waals surface area contributed by atoms with Gasteiger partial charge in [0.2, 0.25) is 5.91 Å². The van der Waals surface area contributed by atoms with Gasteiger partial charge in [0.15, 0.2) is 0 Å². The summed E-state index contributed by atoms with van der Waals surface area (Å²) in [7, 11) is 0.